The second-order valence-corrected chi connectivity index (χ2v) is 5.88. The summed E-state index contributed by atoms with van der Waals surface area (Å²) in [5.74, 6) is 0.940. The Labute approximate surface area is 154 Å². The fourth-order valence-electron chi connectivity index (χ4n) is 2.94. The number of piperazine rings is 1. The lowest BCUT2D eigenvalue weighted by Gasteiger charge is -2.36. The van der Waals surface area contributed by atoms with E-state index in [0.717, 1.165) is 35.7 Å². The molecule has 1 amide bonds. The molecule has 0 aromatic heterocycles. The van der Waals surface area contributed by atoms with E-state index in [0.29, 0.717) is 19.6 Å². The van der Waals surface area contributed by atoms with Gasteiger partial charge in [-0.25, -0.2) is 0 Å². The number of anilines is 1. The summed E-state index contributed by atoms with van der Waals surface area (Å²) in [4.78, 5) is 16.8. The van der Waals surface area contributed by atoms with E-state index >= 15 is 0 Å². The van der Waals surface area contributed by atoms with Gasteiger partial charge in [-0.1, -0.05) is 18.2 Å². The summed E-state index contributed by atoms with van der Waals surface area (Å²) >= 11 is 0. The maximum atomic E-state index is 12.6. The fourth-order valence-corrected chi connectivity index (χ4v) is 2.94. The third kappa shape index (κ3) is 4.44. The number of methoxy groups -OCH3 is 1. The number of carbonyl (C=O) groups is 1. The van der Waals surface area contributed by atoms with Crippen LogP contribution < -0.4 is 15.4 Å². The van der Waals surface area contributed by atoms with Crippen molar-refractivity contribution in [2.45, 2.75) is 6.54 Å². The van der Waals surface area contributed by atoms with Gasteiger partial charge in [0.15, 0.2) is 0 Å². The molecule has 5 nitrogen and oxygen atoms in total. The predicted molar refractivity (Wildman–Crippen MR) is 103 cm³/mol. The van der Waals surface area contributed by atoms with Crippen molar-refractivity contribution in [3.8, 4) is 5.75 Å². The summed E-state index contributed by atoms with van der Waals surface area (Å²) in [6.45, 7) is 3.57. The first kappa shape index (κ1) is 19.1. The minimum Gasteiger partial charge on any atom is -0.497 e. The molecular weight excluding hydrogens is 338 g/mol. The number of carbonyl (C=O) groups excluding carboxylic acids is 1. The van der Waals surface area contributed by atoms with Crippen LogP contribution in [-0.2, 0) is 6.54 Å². The quantitative estimate of drug-likeness (QED) is 0.909. The van der Waals surface area contributed by atoms with Crippen molar-refractivity contribution < 1.29 is 9.53 Å². The van der Waals surface area contributed by atoms with Crippen LogP contribution in [0.1, 0.15) is 15.9 Å². The van der Waals surface area contributed by atoms with E-state index in [9.17, 15) is 4.79 Å². The van der Waals surface area contributed by atoms with E-state index < -0.39 is 0 Å². The van der Waals surface area contributed by atoms with Gasteiger partial charge in [-0.15, -0.1) is 12.4 Å². The molecule has 2 aromatic carbocycles. The molecule has 3 rings (SSSR count). The average molecular weight is 362 g/mol. The zero-order valence-corrected chi connectivity index (χ0v) is 15.2. The number of hydrogen-bond donors (Lipinski definition) is 1. The van der Waals surface area contributed by atoms with E-state index in [4.69, 9.17) is 10.5 Å². The number of ether oxygens (including phenoxy) is 1. The second kappa shape index (κ2) is 8.74. The molecule has 0 atom stereocenters. The largest absolute Gasteiger partial charge is 0.497 e. The molecule has 25 heavy (non-hydrogen) atoms. The van der Waals surface area contributed by atoms with Crippen LogP contribution in [0.25, 0.3) is 0 Å². The summed E-state index contributed by atoms with van der Waals surface area (Å²) in [5.41, 5.74) is 8.49. The molecule has 0 spiro atoms. The lowest BCUT2D eigenvalue weighted by molar-refractivity contribution is 0.0746. The van der Waals surface area contributed by atoms with Crippen LogP contribution in [-0.4, -0.2) is 44.1 Å². The summed E-state index contributed by atoms with van der Waals surface area (Å²) in [5, 5.41) is 0. The zero-order valence-electron chi connectivity index (χ0n) is 14.4. The van der Waals surface area contributed by atoms with Gasteiger partial charge in [0.05, 0.1) is 7.11 Å². The fraction of sp³-hybridized carbons (Fsp3) is 0.316. The van der Waals surface area contributed by atoms with Gasteiger partial charge in [0.2, 0.25) is 0 Å². The number of benzene rings is 2. The van der Waals surface area contributed by atoms with E-state index in [1.165, 1.54) is 0 Å². The number of nitrogens with zero attached hydrogens (tertiary/aromatic N) is 2. The van der Waals surface area contributed by atoms with Gasteiger partial charge in [-0.05, 0) is 29.8 Å². The lowest BCUT2D eigenvalue weighted by atomic mass is 10.1. The highest BCUT2D eigenvalue weighted by Crippen LogP contribution is 2.22. The third-order valence-electron chi connectivity index (χ3n) is 4.42. The number of rotatable bonds is 4. The van der Waals surface area contributed by atoms with Crippen LogP contribution in [0.15, 0.2) is 48.5 Å². The van der Waals surface area contributed by atoms with E-state index in [-0.39, 0.29) is 18.3 Å². The minimum atomic E-state index is 0. The summed E-state index contributed by atoms with van der Waals surface area (Å²) < 4.78 is 5.28. The highest BCUT2D eigenvalue weighted by atomic mass is 35.5. The number of hydrogen-bond acceptors (Lipinski definition) is 4. The smallest absolute Gasteiger partial charge is 0.253 e. The van der Waals surface area contributed by atoms with Gasteiger partial charge >= 0.3 is 0 Å². The van der Waals surface area contributed by atoms with Crippen molar-refractivity contribution in [2.75, 3.05) is 38.2 Å². The van der Waals surface area contributed by atoms with Crippen LogP contribution >= 0.6 is 12.4 Å². The molecule has 1 fully saturated rings. The van der Waals surface area contributed by atoms with Crippen LogP contribution in [0.3, 0.4) is 0 Å². The Morgan fingerprint density at radius 3 is 2.36 bits per heavy atom. The highest BCUT2D eigenvalue weighted by Gasteiger charge is 2.22. The Hall–Kier alpha value is -2.24. The first-order valence-corrected chi connectivity index (χ1v) is 8.18. The number of halogens is 1. The monoisotopic (exact) mass is 361 g/mol. The standard InChI is InChI=1S/C19H23N3O2.ClH/c1-24-18-4-2-3-17(13-18)21-9-11-22(12-10-21)19(23)16-7-5-15(14-20)6-8-16;/h2-8,13H,9-12,14,20H2,1H3;1H. The number of nitrogens with two attached hydrogens (primary N) is 1. The van der Waals surface area contributed by atoms with Crippen molar-refractivity contribution in [3.05, 3.63) is 59.7 Å². The molecule has 6 heteroatoms. The van der Waals surface area contributed by atoms with Crippen molar-refractivity contribution >= 4 is 24.0 Å². The van der Waals surface area contributed by atoms with Gasteiger partial charge in [-0.3, -0.25) is 4.79 Å². The molecule has 134 valence electrons. The highest BCUT2D eigenvalue weighted by molar-refractivity contribution is 5.94. The zero-order chi connectivity index (χ0) is 16.9. The minimum absolute atomic E-state index is 0. The van der Waals surface area contributed by atoms with Gasteiger partial charge in [0.25, 0.3) is 5.91 Å². The Bertz CT molecular complexity index is 698. The Balaban J connectivity index is 0.00000225. The van der Waals surface area contributed by atoms with E-state index in [1.54, 1.807) is 7.11 Å². The van der Waals surface area contributed by atoms with Gasteiger partial charge in [0.1, 0.15) is 5.75 Å². The lowest BCUT2D eigenvalue weighted by Crippen LogP contribution is -2.48. The first-order chi connectivity index (χ1) is 11.7. The molecule has 1 saturated heterocycles. The van der Waals surface area contributed by atoms with Crippen molar-refractivity contribution in [3.63, 3.8) is 0 Å². The van der Waals surface area contributed by atoms with Gasteiger partial charge in [-0.2, -0.15) is 0 Å². The van der Waals surface area contributed by atoms with Crippen molar-refractivity contribution in [2.24, 2.45) is 5.73 Å². The maximum absolute atomic E-state index is 12.6. The Morgan fingerprint density at radius 1 is 1.08 bits per heavy atom. The predicted octanol–water partition coefficient (Wildman–Crippen LogP) is 2.54. The van der Waals surface area contributed by atoms with Crippen molar-refractivity contribution in [1.29, 1.82) is 0 Å². The molecule has 0 aliphatic carbocycles. The summed E-state index contributed by atoms with van der Waals surface area (Å²) in [7, 11) is 1.67. The maximum Gasteiger partial charge on any atom is 0.253 e. The normalized spacial score (nSPS) is 14.0. The van der Waals surface area contributed by atoms with E-state index in [2.05, 4.69) is 11.0 Å². The average Bonchev–Trinajstić information content (AvgIpc) is 2.67. The number of amides is 1. The van der Waals surface area contributed by atoms with Crippen LogP contribution in [0.2, 0.25) is 0 Å². The summed E-state index contributed by atoms with van der Waals surface area (Å²) in [6.07, 6.45) is 0. The molecule has 1 aliphatic rings. The van der Waals surface area contributed by atoms with Crippen LogP contribution in [0.5, 0.6) is 5.75 Å². The molecule has 0 radical (unpaired) electrons. The molecular formula is C19H24ClN3O2. The van der Waals surface area contributed by atoms with Crippen LogP contribution in [0.4, 0.5) is 5.69 Å². The summed E-state index contributed by atoms with van der Waals surface area (Å²) in [6, 6.07) is 15.6. The Kier molecular flexibility index (Phi) is 6.67. The SMILES string of the molecule is COc1cccc(N2CCN(C(=O)c3ccc(CN)cc3)CC2)c1.Cl. The van der Waals surface area contributed by atoms with Gasteiger partial charge in [0, 0.05) is 50.0 Å². The molecule has 0 bridgehead atoms. The molecule has 2 aromatic rings. The molecule has 1 heterocycles. The van der Waals surface area contributed by atoms with Crippen molar-refractivity contribution in [1.82, 2.24) is 4.90 Å². The van der Waals surface area contributed by atoms with Gasteiger partial charge < -0.3 is 20.3 Å². The third-order valence-corrected chi connectivity index (χ3v) is 4.42. The van der Waals surface area contributed by atoms with Crippen LogP contribution in [0, 0.1) is 0 Å². The molecule has 2 N–H and O–H groups in total. The molecule has 0 unspecified atom stereocenters. The topological polar surface area (TPSA) is 58.8 Å². The second-order valence-electron chi connectivity index (χ2n) is 5.88. The van der Waals surface area contributed by atoms with E-state index in [1.807, 2.05) is 47.4 Å². The molecule has 0 saturated carbocycles. The Morgan fingerprint density at radius 2 is 1.76 bits per heavy atom. The first-order valence-electron chi connectivity index (χ1n) is 8.18. The molecule has 1 aliphatic heterocycles.